The highest BCUT2D eigenvalue weighted by molar-refractivity contribution is 6.31. The van der Waals surface area contributed by atoms with Gasteiger partial charge in [-0.3, -0.25) is 4.79 Å². The number of anilines is 1. The Labute approximate surface area is 121 Å². The topological polar surface area (TPSA) is 49.3 Å². The number of benzene rings is 2. The van der Waals surface area contributed by atoms with E-state index in [0.29, 0.717) is 17.8 Å². The third-order valence-corrected chi connectivity index (χ3v) is 3.17. The van der Waals surface area contributed by atoms with Gasteiger partial charge in [0.2, 0.25) is 0 Å². The highest BCUT2D eigenvalue weighted by atomic mass is 35.5. The second kappa shape index (κ2) is 6.39. The van der Waals surface area contributed by atoms with Gasteiger partial charge < -0.3 is 10.4 Å². The number of carbonyl (C=O) groups is 1. The molecule has 0 radical (unpaired) electrons. The van der Waals surface area contributed by atoms with E-state index >= 15 is 0 Å². The molecule has 0 saturated heterocycles. The molecule has 0 aromatic heterocycles. The number of hydrogen-bond donors (Lipinski definition) is 2. The molecule has 0 bridgehead atoms. The first-order valence-corrected chi connectivity index (χ1v) is 6.42. The number of hydrogen-bond acceptors (Lipinski definition) is 2. The Morgan fingerprint density at radius 1 is 1.15 bits per heavy atom. The highest BCUT2D eigenvalue weighted by Gasteiger charge is 2.08. The molecule has 3 nitrogen and oxygen atoms in total. The monoisotopic (exact) mass is 293 g/mol. The second-order valence-corrected chi connectivity index (χ2v) is 4.70. The largest absolute Gasteiger partial charge is 0.481 e. The van der Waals surface area contributed by atoms with Crippen molar-refractivity contribution in [2.24, 2.45) is 0 Å². The summed E-state index contributed by atoms with van der Waals surface area (Å²) in [6, 6.07) is 11.9. The zero-order valence-corrected chi connectivity index (χ0v) is 11.3. The Morgan fingerprint density at radius 3 is 2.55 bits per heavy atom. The number of rotatable bonds is 5. The summed E-state index contributed by atoms with van der Waals surface area (Å²) >= 11 is 5.70. The van der Waals surface area contributed by atoms with Gasteiger partial charge in [-0.15, -0.1) is 0 Å². The third kappa shape index (κ3) is 3.48. The first kappa shape index (κ1) is 14.3. The lowest BCUT2D eigenvalue weighted by molar-refractivity contribution is -0.136. The van der Waals surface area contributed by atoms with Gasteiger partial charge in [0.05, 0.1) is 17.1 Å². The normalized spacial score (nSPS) is 10.3. The third-order valence-electron chi connectivity index (χ3n) is 2.88. The van der Waals surface area contributed by atoms with E-state index in [-0.39, 0.29) is 11.4 Å². The fourth-order valence-corrected chi connectivity index (χ4v) is 2.07. The van der Waals surface area contributed by atoms with E-state index in [1.807, 2.05) is 12.1 Å². The highest BCUT2D eigenvalue weighted by Crippen LogP contribution is 2.23. The molecule has 0 fully saturated rings. The van der Waals surface area contributed by atoms with Gasteiger partial charge in [0, 0.05) is 6.54 Å². The second-order valence-electron chi connectivity index (χ2n) is 4.29. The predicted molar refractivity (Wildman–Crippen MR) is 76.5 cm³/mol. The van der Waals surface area contributed by atoms with Crippen LogP contribution in [-0.2, 0) is 17.8 Å². The lowest BCUT2D eigenvalue weighted by atomic mass is 10.0. The Hall–Kier alpha value is -2.07. The van der Waals surface area contributed by atoms with E-state index in [0.717, 1.165) is 5.56 Å². The Kier molecular flexibility index (Phi) is 4.58. The minimum atomic E-state index is -0.897. The zero-order valence-electron chi connectivity index (χ0n) is 10.6. The number of carboxylic acid groups (broad SMARTS) is 1. The molecule has 0 spiro atoms. The van der Waals surface area contributed by atoms with Gasteiger partial charge in [-0.25, -0.2) is 4.39 Å². The summed E-state index contributed by atoms with van der Waals surface area (Å²) in [5.41, 5.74) is 1.81. The van der Waals surface area contributed by atoms with Crippen LogP contribution < -0.4 is 5.32 Å². The minimum absolute atomic E-state index is 0.0498. The van der Waals surface area contributed by atoms with E-state index in [4.69, 9.17) is 16.7 Å². The van der Waals surface area contributed by atoms with Gasteiger partial charge in [0.15, 0.2) is 5.82 Å². The van der Waals surface area contributed by atoms with Gasteiger partial charge in [0.25, 0.3) is 0 Å². The molecule has 20 heavy (non-hydrogen) atoms. The predicted octanol–water partition coefficient (Wildman–Crippen LogP) is 3.72. The Balaban J connectivity index is 2.15. The van der Waals surface area contributed by atoms with Gasteiger partial charge in [-0.2, -0.15) is 0 Å². The van der Waals surface area contributed by atoms with Crippen molar-refractivity contribution in [2.75, 3.05) is 5.32 Å². The van der Waals surface area contributed by atoms with E-state index in [1.165, 1.54) is 6.07 Å². The average molecular weight is 294 g/mol. The van der Waals surface area contributed by atoms with Crippen LogP contribution in [0.1, 0.15) is 11.1 Å². The average Bonchev–Trinajstić information content (AvgIpc) is 2.41. The lowest BCUT2D eigenvalue weighted by Crippen LogP contribution is -2.08. The van der Waals surface area contributed by atoms with Crippen molar-refractivity contribution >= 4 is 23.3 Å². The summed E-state index contributed by atoms with van der Waals surface area (Å²) in [6.07, 6.45) is -0.0596. The number of nitrogens with one attached hydrogen (secondary N) is 1. The maximum atomic E-state index is 13.7. The quantitative estimate of drug-likeness (QED) is 0.883. The number of halogens is 2. The molecule has 0 amide bonds. The molecule has 2 N–H and O–H groups in total. The SMILES string of the molecule is O=C(O)Cc1ccccc1CNc1cccc(Cl)c1F. The van der Waals surface area contributed by atoms with Crippen LogP contribution in [0.5, 0.6) is 0 Å². The minimum Gasteiger partial charge on any atom is -0.481 e. The molecule has 2 aromatic rings. The standard InChI is InChI=1S/C15H13ClFNO2/c16-12-6-3-7-13(15(12)17)18-9-11-5-2-1-4-10(11)8-14(19)20/h1-7,18H,8-9H2,(H,19,20). The van der Waals surface area contributed by atoms with Crippen LogP contribution in [0.3, 0.4) is 0 Å². The van der Waals surface area contributed by atoms with Crippen molar-refractivity contribution in [3.63, 3.8) is 0 Å². The fraction of sp³-hybridized carbons (Fsp3) is 0.133. The molecular weight excluding hydrogens is 281 g/mol. The van der Waals surface area contributed by atoms with Gasteiger partial charge in [-0.1, -0.05) is 41.9 Å². The smallest absolute Gasteiger partial charge is 0.307 e. The van der Waals surface area contributed by atoms with E-state index in [2.05, 4.69) is 5.32 Å². The van der Waals surface area contributed by atoms with Crippen LogP contribution >= 0.6 is 11.6 Å². The molecule has 5 heteroatoms. The fourth-order valence-electron chi connectivity index (χ4n) is 1.90. The first-order valence-electron chi connectivity index (χ1n) is 6.04. The molecule has 0 aliphatic rings. The molecule has 0 unspecified atom stereocenters. The van der Waals surface area contributed by atoms with Gasteiger partial charge in [-0.05, 0) is 23.3 Å². The molecule has 0 aliphatic heterocycles. The molecule has 0 saturated carbocycles. The molecule has 2 aromatic carbocycles. The van der Waals surface area contributed by atoms with Crippen LogP contribution in [-0.4, -0.2) is 11.1 Å². The van der Waals surface area contributed by atoms with Crippen molar-refractivity contribution in [1.29, 1.82) is 0 Å². The van der Waals surface area contributed by atoms with E-state index < -0.39 is 11.8 Å². The molecule has 0 atom stereocenters. The van der Waals surface area contributed by atoms with Crippen molar-refractivity contribution in [3.05, 3.63) is 64.4 Å². The van der Waals surface area contributed by atoms with Crippen molar-refractivity contribution in [2.45, 2.75) is 13.0 Å². The van der Waals surface area contributed by atoms with Crippen LogP contribution in [0.2, 0.25) is 5.02 Å². The van der Waals surface area contributed by atoms with E-state index in [1.54, 1.807) is 24.3 Å². The Bertz CT molecular complexity index is 631. The summed E-state index contributed by atoms with van der Waals surface area (Å²) in [5, 5.41) is 11.8. The molecule has 0 heterocycles. The van der Waals surface area contributed by atoms with Gasteiger partial charge >= 0.3 is 5.97 Å². The van der Waals surface area contributed by atoms with E-state index in [9.17, 15) is 9.18 Å². The zero-order chi connectivity index (χ0) is 14.5. The first-order chi connectivity index (χ1) is 9.58. The van der Waals surface area contributed by atoms with Crippen LogP contribution in [0.25, 0.3) is 0 Å². The van der Waals surface area contributed by atoms with Crippen LogP contribution in [0, 0.1) is 5.82 Å². The van der Waals surface area contributed by atoms with Crippen LogP contribution in [0.4, 0.5) is 10.1 Å². The van der Waals surface area contributed by atoms with Crippen molar-refractivity contribution in [1.82, 2.24) is 0 Å². The van der Waals surface area contributed by atoms with Crippen LogP contribution in [0.15, 0.2) is 42.5 Å². The molecule has 0 aliphatic carbocycles. The summed E-state index contributed by atoms with van der Waals surface area (Å²) in [6.45, 7) is 0.334. The maximum Gasteiger partial charge on any atom is 0.307 e. The Morgan fingerprint density at radius 2 is 1.85 bits per heavy atom. The van der Waals surface area contributed by atoms with Crippen molar-refractivity contribution in [3.8, 4) is 0 Å². The number of aliphatic carboxylic acids is 1. The summed E-state index contributed by atoms with van der Waals surface area (Å²) < 4.78 is 13.7. The molecular formula is C15H13ClFNO2. The maximum absolute atomic E-state index is 13.7. The molecule has 2 rings (SSSR count). The summed E-state index contributed by atoms with van der Waals surface area (Å²) in [7, 11) is 0. The summed E-state index contributed by atoms with van der Waals surface area (Å²) in [4.78, 5) is 10.8. The summed E-state index contributed by atoms with van der Waals surface area (Å²) in [5.74, 6) is -1.41. The molecule has 104 valence electrons. The lowest BCUT2D eigenvalue weighted by Gasteiger charge is -2.11. The number of carboxylic acids is 1. The van der Waals surface area contributed by atoms with Gasteiger partial charge in [0.1, 0.15) is 0 Å². The van der Waals surface area contributed by atoms with Crippen molar-refractivity contribution < 1.29 is 14.3 Å².